The van der Waals surface area contributed by atoms with Gasteiger partial charge in [-0.15, -0.1) is 0 Å². The molecule has 1 aromatic carbocycles. The maximum atomic E-state index is 5.97. The van der Waals surface area contributed by atoms with Crippen LogP contribution in [0, 0.1) is 6.92 Å². The molecule has 3 rings (SSSR count). The minimum absolute atomic E-state index is 0.226. The van der Waals surface area contributed by atoms with E-state index in [2.05, 4.69) is 24.0 Å². The van der Waals surface area contributed by atoms with Crippen molar-refractivity contribution in [3.05, 3.63) is 53.3 Å². The summed E-state index contributed by atoms with van der Waals surface area (Å²) in [5, 5.41) is 0. The van der Waals surface area contributed by atoms with Crippen molar-refractivity contribution in [3.63, 3.8) is 0 Å². The summed E-state index contributed by atoms with van der Waals surface area (Å²) < 4.78 is 5.97. The second kappa shape index (κ2) is 4.42. The first-order valence-electron chi connectivity index (χ1n) is 6.20. The standard InChI is InChI=1S/C15H16N2O/c1-10-4-5-13-11(7-10)8-12(9-16)15-14(18-13)3-2-6-17-15/h2-7,12H,8-9,16H2,1H3/t12-/m1/s1. The molecule has 0 unspecified atom stereocenters. The third kappa shape index (κ3) is 1.87. The third-order valence-electron chi connectivity index (χ3n) is 3.37. The second-order valence-electron chi connectivity index (χ2n) is 4.74. The number of benzene rings is 1. The van der Waals surface area contributed by atoms with E-state index < -0.39 is 0 Å². The maximum absolute atomic E-state index is 5.97. The molecule has 0 saturated heterocycles. The van der Waals surface area contributed by atoms with Crippen LogP contribution in [0.3, 0.4) is 0 Å². The predicted octanol–water partition coefficient (Wildman–Crippen LogP) is 2.78. The lowest BCUT2D eigenvalue weighted by Crippen LogP contribution is -2.15. The number of hydrogen-bond donors (Lipinski definition) is 1. The number of nitrogens with zero attached hydrogens (tertiary/aromatic N) is 1. The fraction of sp³-hybridized carbons (Fsp3) is 0.267. The molecule has 2 heterocycles. The van der Waals surface area contributed by atoms with Crippen LogP contribution in [-0.4, -0.2) is 11.5 Å². The number of aryl methyl sites for hydroxylation is 1. The minimum atomic E-state index is 0.226. The summed E-state index contributed by atoms with van der Waals surface area (Å²) >= 11 is 0. The van der Waals surface area contributed by atoms with Crippen LogP contribution in [0.1, 0.15) is 22.7 Å². The van der Waals surface area contributed by atoms with E-state index in [4.69, 9.17) is 10.5 Å². The Balaban J connectivity index is 2.13. The first kappa shape index (κ1) is 11.2. The molecule has 2 aromatic rings. The Bertz CT molecular complexity index is 580. The lowest BCUT2D eigenvalue weighted by atomic mass is 9.95. The summed E-state index contributed by atoms with van der Waals surface area (Å²) in [5.74, 6) is 1.98. The molecule has 92 valence electrons. The average Bonchev–Trinajstić information content (AvgIpc) is 2.54. The highest BCUT2D eigenvalue weighted by molar-refractivity contribution is 5.45. The normalized spacial score (nSPS) is 17.3. The van der Waals surface area contributed by atoms with Gasteiger partial charge in [0, 0.05) is 18.7 Å². The van der Waals surface area contributed by atoms with E-state index in [1.165, 1.54) is 11.1 Å². The molecular formula is C15H16N2O. The Morgan fingerprint density at radius 2 is 2.22 bits per heavy atom. The average molecular weight is 240 g/mol. The molecule has 1 aromatic heterocycles. The molecule has 0 spiro atoms. The Labute approximate surface area is 107 Å². The predicted molar refractivity (Wildman–Crippen MR) is 71.0 cm³/mol. The van der Waals surface area contributed by atoms with Crippen LogP contribution in [-0.2, 0) is 6.42 Å². The number of nitrogens with two attached hydrogens (primary N) is 1. The minimum Gasteiger partial charge on any atom is -0.455 e. The zero-order valence-corrected chi connectivity index (χ0v) is 10.4. The lowest BCUT2D eigenvalue weighted by molar-refractivity contribution is 0.474. The molecule has 1 atom stereocenters. The molecule has 0 fully saturated rings. The van der Waals surface area contributed by atoms with Crippen molar-refractivity contribution in [1.29, 1.82) is 0 Å². The number of hydrogen-bond acceptors (Lipinski definition) is 3. The van der Waals surface area contributed by atoms with Gasteiger partial charge in [-0.3, -0.25) is 4.98 Å². The van der Waals surface area contributed by atoms with Gasteiger partial charge in [-0.2, -0.15) is 0 Å². The van der Waals surface area contributed by atoms with Crippen LogP contribution in [0.15, 0.2) is 36.5 Å². The third-order valence-corrected chi connectivity index (χ3v) is 3.37. The van der Waals surface area contributed by atoms with Gasteiger partial charge in [-0.05, 0) is 37.1 Å². The lowest BCUT2D eigenvalue weighted by Gasteiger charge is -2.12. The fourth-order valence-corrected chi connectivity index (χ4v) is 2.44. The highest BCUT2D eigenvalue weighted by atomic mass is 16.5. The summed E-state index contributed by atoms with van der Waals surface area (Å²) in [5.41, 5.74) is 9.31. The van der Waals surface area contributed by atoms with Crippen molar-refractivity contribution in [1.82, 2.24) is 4.98 Å². The summed E-state index contributed by atoms with van der Waals surface area (Å²) in [6.45, 7) is 2.68. The van der Waals surface area contributed by atoms with Crippen molar-refractivity contribution in [2.24, 2.45) is 5.73 Å². The molecule has 3 nitrogen and oxygen atoms in total. The molecule has 0 aliphatic carbocycles. The number of fused-ring (bicyclic) bond motifs is 2. The van der Waals surface area contributed by atoms with E-state index in [1.54, 1.807) is 6.20 Å². The highest BCUT2D eigenvalue weighted by Crippen LogP contribution is 2.37. The number of pyridine rings is 1. The van der Waals surface area contributed by atoms with Crippen LogP contribution in [0.5, 0.6) is 11.5 Å². The quantitative estimate of drug-likeness (QED) is 0.833. The summed E-state index contributed by atoms with van der Waals surface area (Å²) in [6, 6.07) is 10.1. The van der Waals surface area contributed by atoms with E-state index in [1.807, 2.05) is 18.2 Å². The van der Waals surface area contributed by atoms with E-state index in [-0.39, 0.29) is 5.92 Å². The highest BCUT2D eigenvalue weighted by Gasteiger charge is 2.23. The van der Waals surface area contributed by atoms with E-state index in [0.717, 1.165) is 23.6 Å². The van der Waals surface area contributed by atoms with Crippen molar-refractivity contribution in [2.45, 2.75) is 19.3 Å². The Hall–Kier alpha value is -1.87. The maximum Gasteiger partial charge on any atom is 0.149 e. The summed E-state index contributed by atoms with van der Waals surface area (Å²) in [4.78, 5) is 4.43. The van der Waals surface area contributed by atoms with Gasteiger partial charge in [-0.25, -0.2) is 0 Å². The molecule has 18 heavy (non-hydrogen) atoms. The van der Waals surface area contributed by atoms with Crippen molar-refractivity contribution >= 4 is 0 Å². The van der Waals surface area contributed by atoms with Gasteiger partial charge in [0.25, 0.3) is 0 Å². The van der Waals surface area contributed by atoms with E-state index in [0.29, 0.717) is 6.54 Å². The molecule has 0 radical (unpaired) electrons. The zero-order valence-electron chi connectivity index (χ0n) is 10.4. The van der Waals surface area contributed by atoms with Gasteiger partial charge < -0.3 is 10.5 Å². The van der Waals surface area contributed by atoms with E-state index >= 15 is 0 Å². The van der Waals surface area contributed by atoms with Gasteiger partial charge in [0.1, 0.15) is 11.5 Å². The first-order valence-corrected chi connectivity index (χ1v) is 6.20. The van der Waals surface area contributed by atoms with Crippen LogP contribution in [0.4, 0.5) is 0 Å². The zero-order chi connectivity index (χ0) is 12.5. The summed E-state index contributed by atoms with van der Waals surface area (Å²) in [7, 11) is 0. The van der Waals surface area contributed by atoms with Crippen LogP contribution in [0.25, 0.3) is 0 Å². The van der Waals surface area contributed by atoms with Gasteiger partial charge in [-0.1, -0.05) is 17.7 Å². The van der Waals surface area contributed by atoms with Crippen molar-refractivity contribution < 1.29 is 4.74 Å². The first-order chi connectivity index (χ1) is 8.78. The number of ether oxygens (including phenoxy) is 1. The van der Waals surface area contributed by atoms with E-state index in [9.17, 15) is 0 Å². The van der Waals surface area contributed by atoms with Crippen molar-refractivity contribution in [2.75, 3.05) is 6.54 Å². The molecule has 2 N–H and O–H groups in total. The molecule has 0 bridgehead atoms. The SMILES string of the molecule is Cc1ccc2c(c1)C[C@H](CN)c1ncccc1O2. The monoisotopic (exact) mass is 240 g/mol. The Kier molecular flexibility index (Phi) is 2.76. The van der Waals surface area contributed by atoms with Crippen molar-refractivity contribution in [3.8, 4) is 11.5 Å². The summed E-state index contributed by atoms with van der Waals surface area (Å²) in [6.07, 6.45) is 2.68. The molecule has 3 heteroatoms. The second-order valence-corrected chi connectivity index (χ2v) is 4.74. The molecule has 0 amide bonds. The Morgan fingerprint density at radius 3 is 3.06 bits per heavy atom. The Morgan fingerprint density at radius 1 is 1.33 bits per heavy atom. The molecule has 1 aliphatic rings. The van der Waals surface area contributed by atoms with Crippen LogP contribution < -0.4 is 10.5 Å². The van der Waals surface area contributed by atoms with Crippen LogP contribution in [0.2, 0.25) is 0 Å². The fourth-order valence-electron chi connectivity index (χ4n) is 2.44. The van der Waals surface area contributed by atoms with Gasteiger partial charge in [0.2, 0.25) is 0 Å². The number of aromatic nitrogens is 1. The van der Waals surface area contributed by atoms with Gasteiger partial charge >= 0.3 is 0 Å². The largest absolute Gasteiger partial charge is 0.455 e. The molecule has 1 aliphatic heterocycles. The van der Waals surface area contributed by atoms with Gasteiger partial charge in [0.05, 0.1) is 5.69 Å². The molecule has 0 saturated carbocycles. The molecular weight excluding hydrogens is 224 g/mol. The number of rotatable bonds is 1. The van der Waals surface area contributed by atoms with Crippen LogP contribution >= 0.6 is 0 Å². The topological polar surface area (TPSA) is 48.1 Å². The smallest absolute Gasteiger partial charge is 0.149 e. The van der Waals surface area contributed by atoms with Gasteiger partial charge in [0.15, 0.2) is 0 Å².